The summed E-state index contributed by atoms with van der Waals surface area (Å²) in [4.78, 5) is 17.9. The van der Waals surface area contributed by atoms with Crippen LogP contribution in [0.3, 0.4) is 0 Å². The summed E-state index contributed by atoms with van der Waals surface area (Å²) < 4.78 is 0. The Morgan fingerprint density at radius 2 is 1.92 bits per heavy atom. The Hall–Kier alpha value is -2.67. The summed E-state index contributed by atoms with van der Waals surface area (Å²) in [6, 6.07) is 11.3. The summed E-state index contributed by atoms with van der Waals surface area (Å²) in [5, 5.41) is 17.9. The second kappa shape index (κ2) is 8.62. The first kappa shape index (κ1) is 19.7. The Morgan fingerprint density at radius 3 is 2.50 bits per heavy atom. The molecule has 3 rings (SSSR count). The first-order valence-corrected chi connectivity index (χ1v) is 8.08. The molecule has 0 spiro atoms. The normalized spacial score (nSPS) is 11.3. The predicted octanol–water partition coefficient (Wildman–Crippen LogP) is 3.80. The molecule has 2 aromatic carbocycles. The number of carboxylic acid groups (broad SMARTS) is 1. The lowest BCUT2D eigenvalue weighted by Crippen LogP contribution is -2.15. The molecule has 3 aromatic rings. The summed E-state index contributed by atoms with van der Waals surface area (Å²) in [6.45, 7) is 3.05. The van der Waals surface area contributed by atoms with E-state index in [1.54, 1.807) is 6.07 Å². The van der Waals surface area contributed by atoms with Crippen LogP contribution in [0.15, 0.2) is 55.4 Å². The minimum absolute atomic E-state index is 0.451. The Labute approximate surface area is 159 Å². The lowest BCUT2D eigenvalue weighted by atomic mass is 10.0. The summed E-state index contributed by atoms with van der Waals surface area (Å²) in [6.07, 6.45) is 0.985. The van der Waals surface area contributed by atoms with Gasteiger partial charge in [0.15, 0.2) is 6.10 Å². The van der Waals surface area contributed by atoms with Crippen molar-refractivity contribution in [1.82, 2.24) is 9.97 Å². The Balaban J connectivity index is 0.000000298. The molecule has 26 heavy (non-hydrogen) atoms. The van der Waals surface area contributed by atoms with E-state index in [1.807, 2.05) is 30.3 Å². The first-order valence-electron chi connectivity index (χ1n) is 7.33. The molecule has 0 bridgehead atoms. The Kier molecular flexibility index (Phi) is 6.52. The van der Waals surface area contributed by atoms with Gasteiger partial charge in [-0.1, -0.05) is 54.1 Å². The predicted molar refractivity (Wildman–Crippen MR) is 103 cm³/mol. The molecule has 1 heterocycles. The molecule has 8 heteroatoms. The highest BCUT2D eigenvalue weighted by molar-refractivity contribution is 6.42. The second-order valence-corrected chi connectivity index (χ2v) is 5.92. The number of nitrogens with two attached hydrogens (primary N) is 1. The van der Waals surface area contributed by atoms with Gasteiger partial charge < -0.3 is 15.9 Å². The SMILES string of the molecule is C=CC(O)C(=O)O.Nc1ncnc2cccc(-c3ccc(Cl)c(Cl)c3)c12. The van der Waals surface area contributed by atoms with Crippen LogP contribution in [0.4, 0.5) is 5.82 Å². The van der Waals surface area contributed by atoms with Crippen molar-refractivity contribution in [2.45, 2.75) is 6.10 Å². The summed E-state index contributed by atoms with van der Waals surface area (Å²) in [5.74, 6) is -0.818. The molecule has 134 valence electrons. The summed E-state index contributed by atoms with van der Waals surface area (Å²) in [7, 11) is 0. The number of hydrogen-bond donors (Lipinski definition) is 3. The molecule has 0 fully saturated rings. The zero-order chi connectivity index (χ0) is 19.3. The van der Waals surface area contributed by atoms with E-state index in [1.165, 1.54) is 6.33 Å². The van der Waals surface area contributed by atoms with Crippen LogP contribution in [0.2, 0.25) is 10.0 Å². The van der Waals surface area contributed by atoms with Gasteiger partial charge in [-0.15, -0.1) is 0 Å². The number of aliphatic carboxylic acids is 1. The van der Waals surface area contributed by atoms with Gasteiger partial charge in [0.25, 0.3) is 0 Å². The molecule has 0 saturated heterocycles. The molecule has 0 radical (unpaired) electrons. The molecule has 1 unspecified atom stereocenters. The average molecular weight is 392 g/mol. The largest absolute Gasteiger partial charge is 0.479 e. The maximum Gasteiger partial charge on any atom is 0.336 e. The molecule has 0 aliphatic rings. The molecule has 1 atom stereocenters. The van der Waals surface area contributed by atoms with Gasteiger partial charge in [0.1, 0.15) is 12.1 Å². The van der Waals surface area contributed by atoms with E-state index in [0.717, 1.165) is 28.1 Å². The monoisotopic (exact) mass is 391 g/mol. The number of anilines is 1. The topological polar surface area (TPSA) is 109 Å². The van der Waals surface area contributed by atoms with Gasteiger partial charge in [0.2, 0.25) is 0 Å². The lowest BCUT2D eigenvalue weighted by Gasteiger charge is -2.08. The Morgan fingerprint density at radius 1 is 1.19 bits per heavy atom. The van der Waals surface area contributed by atoms with Crippen LogP contribution in [0, 0.1) is 0 Å². The molecule has 4 N–H and O–H groups in total. The number of halogens is 2. The highest BCUT2D eigenvalue weighted by atomic mass is 35.5. The molecular weight excluding hydrogens is 377 g/mol. The smallest absolute Gasteiger partial charge is 0.336 e. The average Bonchev–Trinajstić information content (AvgIpc) is 2.63. The van der Waals surface area contributed by atoms with E-state index < -0.39 is 12.1 Å². The maximum absolute atomic E-state index is 9.61. The molecule has 0 aliphatic carbocycles. The van der Waals surface area contributed by atoms with E-state index in [4.69, 9.17) is 39.1 Å². The highest BCUT2D eigenvalue weighted by Crippen LogP contribution is 2.33. The van der Waals surface area contributed by atoms with Crippen molar-refractivity contribution in [3.63, 3.8) is 0 Å². The second-order valence-electron chi connectivity index (χ2n) is 5.11. The number of aromatic nitrogens is 2. The van der Waals surface area contributed by atoms with Crippen molar-refractivity contribution >= 4 is 45.9 Å². The third-order valence-corrected chi connectivity index (χ3v) is 4.14. The number of nitrogen functional groups attached to an aromatic ring is 1. The minimum Gasteiger partial charge on any atom is -0.479 e. The zero-order valence-corrected chi connectivity index (χ0v) is 14.9. The fourth-order valence-corrected chi connectivity index (χ4v) is 2.44. The Bertz CT molecular complexity index is 958. The van der Waals surface area contributed by atoms with Gasteiger partial charge in [-0.05, 0) is 29.3 Å². The number of carbonyl (C=O) groups is 1. The van der Waals surface area contributed by atoms with Crippen LogP contribution in [-0.4, -0.2) is 32.3 Å². The van der Waals surface area contributed by atoms with Crippen molar-refractivity contribution < 1.29 is 15.0 Å². The number of aliphatic hydroxyl groups is 1. The maximum atomic E-state index is 9.61. The summed E-state index contributed by atoms with van der Waals surface area (Å²) >= 11 is 12.0. The van der Waals surface area contributed by atoms with Gasteiger partial charge >= 0.3 is 5.97 Å². The van der Waals surface area contributed by atoms with Crippen molar-refractivity contribution in [3.05, 3.63) is 65.4 Å². The highest BCUT2D eigenvalue weighted by Gasteiger charge is 2.09. The molecule has 0 saturated carbocycles. The van der Waals surface area contributed by atoms with Crippen LogP contribution >= 0.6 is 23.2 Å². The van der Waals surface area contributed by atoms with Gasteiger partial charge in [0, 0.05) is 0 Å². The standard InChI is InChI=1S/C14H9Cl2N3.C4H6O3/c15-10-5-4-8(6-11(10)16)9-2-1-3-12-13(9)14(17)19-7-18-12;1-2-3(5)4(6)7/h1-7H,(H2,17,18,19);2-3,5H,1H2,(H,6,7). The number of nitrogens with zero attached hydrogens (tertiary/aromatic N) is 2. The van der Waals surface area contributed by atoms with Crippen LogP contribution in [0.1, 0.15) is 0 Å². The van der Waals surface area contributed by atoms with Gasteiger partial charge in [-0.3, -0.25) is 0 Å². The zero-order valence-electron chi connectivity index (χ0n) is 13.4. The quantitative estimate of drug-likeness (QED) is 0.585. The van der Waals surface area contributed by atoms with Gasteiger partial charge in [0.05, 0.1) is 20.9 Å². The van der Waals surface area contributed by atoms with Gasteiger partial charge in [-0.2, -0.15) is 0 Å². The third kappa shape index (κ3) is 4.49. The molecule has 6 nitrogen and oxygen atoms in total. The number of benzene rings is 2. The number of rotatable bonds is 3. The summed E-state index contributed by atoms with van der Waals surface area (Å²) in [5.41, 5.74) is 8.63. The van der Waals surface area contributed by atoms with Crippen molar-refractivity contribution in [2.24, 2.45) is 0 Å². The molecular formula is C18H15Cl2N3O3. The van der Waals surface area contributed by atoms with Crippen molar-refractivity contribution in [2.75, 3.05) is 5.73 Å². The number of hydrogen-bond acceptors (Lipinski definition) is 5. The first-order chi connectivity index (χ1) is 12.3. The van der Waals surface area contributed by atoms with Crippen LogP contribution in [0.25, 0.3) is 22.0 Å². The van der Waals surface area contributed by atoms with E-state index in [-0.39, 0.29) is 0 Å². The molecule has 0 amide bonds. The number of carboxylic acids is 1. The van der Waals surface area contributed by atoms with E-state index in [0.29, 0.717) is 15.9 Å². The number of aliphatic hydroxyl groups excluding tert-OH is 1. The minimum atomic E-state index is -1.42. The fourth-order valence-electron chi connectivity index (χ4n) is 2.14. The van der Waals surface area contributed by atoms with Crippen molar-refractivity contribution in [3.8, 4) is 11.1 Å². The van der Waals surface area contributed by atoms with E-state index in [2.05, 4.69) is 16.5 Å². The van der Waals surface area contributed by atoms with Gasteiger partial charge in [-0.25, -0.2) is 14.8 Å². The molecule has 1 aromatic heterocycles. The van der Waals surface area contributed by atoms with Crippen LogP contribution in [0.5, 0.6) is 0 Å². The molecule has 0 aliphatic heterocycles. The van der Waals surface area contributed by atoms with E-state index >= 15 is 0 Å². The fraction of sp³-hybridized carbons (Fsp3) is 0.0556. The van der Waals surface area contributed by atoms with Crippen molar-refractivity contribution in [1.29, 1.82) is 0 Å². The lowest BCUT2D eigenvalue weighted by molar-refractivity contribution is -0.144. The van der Waals surface area contributed by atoms with E-state index in [9.17, 15) is 4.79 Å². The number of fused-ring (bicyclic) bond motifs is 1. The van der Waals surface area contributed by atoms with Crippen LogP contribution < -0.4 is 5.73 Å². The van der Waals surface area contributed by atoms with Crippen LogP contribution in [-0.2, 0) is 4.79 Å². The third-order valence-electron chi connectivity index (χ3n) is 3.40.